The van der Waals surface area contributed by atoms with E-state index in [1.165, 1.54) is 6.21 Å². The highest BCUT2D eigenvalue weighted by Crippen LogP contribution is 2.49. The smallest absolute Gasteiger partial charge is 0.254 e. The van der Waals surface area contributed by atoms with Crippen molar-refractivity contribution in [2.45, 2.75) is 12.8 Å². The van der Waals surface area contributed by atoms with Crippen LogP contribution >= 0.6 is 15.9 Å². The van der Waals surface area contributed by atoms with Gasteiger partial charge in [0.05, 0.1) is 18.1 Å². The number of amides is 2. The molecule has 0 aromatic heterocycles. The van der Waals surface area contributed by atoms with Gasteiger partial charge in [0.2, 0.25) is 6.79 Å². The molecule has 1 saturated heterocycles. The molecular weight excluding hydrogens is 388 g/mol. The van der Waals surface area contributed by atoms with Crippen LogP contribution in [0.3, 0.4) is 0 Å². The number of carbonyl (C=O) groups excluding carboxylic acids is 2. The van der Waals surface area contributed by atoms with Gasteiger partial charge >= 0.3 is 0 Å². The number of hydrogen-bond donors (Lipinski definition) is 0. The van der Waals surface area contributed by atoms with E-state index in [0.717, 1.165) is 27.9 Å². The monoisotopic (exact) mass is 402 g/mol. The van der Waals surface area contributed by atoms with E-state index >= 15 is 0 Å². The maximum Gasteiger partial charge on any atom is 0.254 e. The molecule has 128 valence electrons. The first-order valence-corrected chi connectivity index (χ1v) is 9.12. The molecule has 25 heavy (non-hydrogen) atoms. The quantitative estimate of drug-likeness (QED) is 0.433. The fourth-order valence-corrected chi connectivity index (χ4v) is 4.75. The molecule has 4 unspecified atom stereocenters. The van der Waals surface area contributed by atoms with Crippen LogP contribution in [0, 0.1) is 23.7 Å². The van der Waals surface area contributed by atoms with E-state index < -0.39 is 0 Å². The third-order valence-corrected chi connectivity index (χ3v) is 6.23. The van der Waals surface area contributed by atoms with Crippen LogP contribution in [-0.4, -0.2) is 29.8 Å². The number of hydrogen-bond acceptors (Lipinski definition) is 5. The Labute approximate surface area is 152 Å². The molecule has 4 atom stereocenters. The molecule has 3 aliphatic carbocycles. The Kier molecular flexibility index (Phi) is 3.28. The summed E-state index contributed by atoms with van der Waals surface area (Å²) in [5, 5.41) is 5.28. The summed E-state index contributed by atoms with van der Waals surface area (Å²) in [5.41, 5.74) is 0.723. The number of halogens is 1. The Morgan fingerprint density at radius 2 is 1.64 bits per heavy atom. The molecule has 2 amide bonds. The highest BCUT2D eigenvalue weighted by Gasteiger charge is 2.56. The summed E-state index contributed by atoms with van der Waals surface area (Å²) in [6.07, 6.45) is 7.68. The molecule has 6 nitrogen and oxygen atoms in total. The molecule has 5 aliphatic rings. The van der Waals surface area contributed by atoms with Crippen molar-refractivity contribution in [3.05, 3.63) is 34.3 Å². The number of rotatable bonds is 2. The summed E-state index contributed by atoms with van der Waals surface area (Å²) in [6.45, 7) is 0.185. The first kappa shape index (κ1) is 15.1. The molecule has 0 radical (unpaired) electrons. The second-order valence-corrected chi connectivity index (χ2v) is 7.66. The number of imide groups is 1. The number of ether oxygens (including phenoxy) is 2. The molecule has 2 heterocycles. The minimum absolute atomic E-state index is 0.170. The minimum Gasteiger partial charge on any atom is -0.454 e. The first-order valence-electron chi connectivity index (χ1n) is 8.33. The maximum atomic E-state index is 12.7. The SMILES string of the molecule is O=C1C2C3C=CC(CC3)C2C(=O)N1/N=C/c1cc2c(cc1Br)OCO2. The van der Waals surface area contributed by atoms with Gasteiger partial charge in [-0.2, -0.15) is 10.1 Å². The van der Waals surface area contributed by atoms with Crippen LogP contribution in [0.25, 0.3) is 0 Å². The van der Waals surface area contributed by atoms with Crippen molar-refractivity contribution in [1.29, 1.82) is 0 Å². The Morgan fingerprint density at radius 3 is 2.24 bits per heavy atom. The van der Waals surface area contributed by atoms with E-state index in [1.807, 2.05) is 0 Å². The lowest BCUT2D eigenvalue weighted by Gasteiger charge is -2.37. The second kappa shape index (κ2) is 5.42. The summed E-state index contributed by atoms with van der Waals surface area (Å²) in [4.78, 5) is 25.5. The van der Waals surface area contributed by atoms with Crippen LogP contribution in [0.1, 0.15) is 18.4 Å². The fourth-order valence-electron chi connectivity index (χ4n) is 4.32. The standard InChI is InChI=1S/C18H15BrN2O4/c19-12-6-14-13(24-8-25-14)5-11(12)7-20-21-17(22)15-9-1-2-10(4-3-9)16(15)18(21)23/h1-2,5-7,9-10,15-16H,3-4,8H2/b20-7+. The summed E-state index contributed by atoms with van der Waals surface area (Å²) in [6, 6.07) is 3.57. The Morgan fingerprint density at radius 1 is 1.04 bits per heavy atom. The number of fused-ring (bicyclic) bond motifs is 2. The number of allylic oxidation sites excluding steroid dienone is 2. The van der Waals surface area contributed by atoms with Gasteiger partial charge in [0.25, 0.3) is 11.8 Å². The topological polar surface area (TPSA) is 68.2 Å². The molecule has 1 saturated carbocycles. The van der Waals surface area contributed by atoms with Gasteiger partial charge < -0.3 is 9.47 Å². The average Bonchev–Trinajstić information content (AvgIpc) is 3.18. The molecule has 1 aromatic carbocycles. The normalized spacial score (nSPS) is 32.1. The van der Waals surface area contributed by atoms with E-state index in [4.69, 9.17) is 9.47 Å². The lowest BCUT2D eigenvalue weighted by molar-refractivity contribution is -0.140. The van der Waals surface area contributed by atoms with Crippen molar-refractivity contribution in [2.24, 2.45) is 28.8 Å². The molecule has 0 spiro atoms. The van der Waals surface area contributed by atoms with Crippen LogP contribution in [-0.2, 0) is 9.59 Å². The predicted octanol–water partition coefficient (Wildman–Crippen LogP) is 2.71. The number of carbonyl (C=O) groups is 2. The molecule has 2 bridgehead atoms. The van der Waals surface area contributed by atoms with Gasteiger partial charge in [-0.3, -0.25) is 9.59 Å². The largest absolute Gasteiger partial charge is 0.454 e. The molecule has 2 fully saturated rings. The van der Waals surface area contributed by atoms with Crippen LogP contribution in [0.5, 0.6) is 11.5 Å². The average molecular weight is 403 g/mol. The van der Waals surface area contributed by atoms with E-state index in [0.29, 0.717) is 11.5 Å². The third-order valence-electron chi connectivity index (χ3n) is 5.54. The van der Waals surface area contributed by atoms with Crippen molar-refractivity contribution in [2.75, 3.05) is 6.79 Å². The van der Waals surface area contributed by atoms with Gasteiger partial charge in [0.1, 0.15) is 0 Å². The third kappa shape index (κ3) is 2.18. The zero-order valence-corrected chi connectivity index (χ0v) is 14.8. The van der Waals surface area contributed by atoms with Crippen LogP contribution in [0.2, 0.25) is 0 Å². The van der Waals surface area contributed by atoms with E-state index in [-0.39, 0.29) is 42.3 Å². The molecule has 1 aromatic rings. The highest BCUT2D eigenvalue weighted by atomic mass is 79.9. The van der Waals surface area contributed by atoms with Crippen LogP contribution in [0.15, 0.2) is 33.9 Å². The maximum absolute atomic E-state index is 12.7. The summed E-state index contributed by atoms with van der Waals surface area (Å²) >= 11 is 3.45. The van der Waals surface area contributed by atoms with Gasteiger partial charge in [-0.25, -0.2) is 0 Å². The van der Waals surface area contributed by atoms with Crippen molar-refractivity contribution >= 4 is 34.0 Å². The van der Waals surface area contributed by atoms with Crippen molar-refractivity contribution in [3.63, 3.8) is 0 Å². The van der Waals surface area contributed by atoms with Gasteiger partial charge in [0, 0.05) is 10.0 Å². The van der Waals surface area contributed by atoms with Gasteiger partial charge in [-0.05, 0) is 52.7 Å². The summed E-state index contributed by atoms with van der Waals surface area (Å²) in [7, 11) is 0. The molecule has 7 heteroatoms. The van der Waals surface area contributed by atoms with Gasteiger partial charge in [0.15, 0.2) is 11.5 Å². The van der Waals surface area contributed by atoms with Gasteiger partial charge in [-0.1, -0.05) is 12.2 Å². The molecule has 2 aliphatic heterocycles. The highest BCUT2D eigenvalue weighted by molar-refractivity contribution is 9.10. The first-order chi connectivity index (χ1) is 12.1. The van der Waals surface area contributed by atoms with Crippen molar-refractivity contribution in [1.82, 2.24) is 5.01 Å². The summed E-state index contributed by atoms with van der Waals surface area (Å²) < 4.78 is 11.4. The van der Waals surface area contributed by atoms with Crippen molar-refractivity contribution < 1.29 is 19.1 Å². The van der Waals surface area contributed by atoms with Crippen molar-refractivity contribution in [3.8, 4) is 11.5 Å². The minimum atomic E-state index is -0.242. The number of nitrogens with zero attached hydrogens (tertiary/aromatic N) is 2. The van der Waals surface area contributed by atoms with Gasteiger partial charge in [-0.15, -0.1) is 0 Å². The summed E-state index contributed by atoms with van der Waals surface area (Å²) in [5.74, 6) is 0.782. The van der Waals surface area contributed by atoms with Crippen LogP contribution in [0.4, 0.5) is 0 Å². The van der Waals surface area contributed by atoms with E-state index in [2.05, 4.69) is 33.2 Å². The molecule has 6 rings (SSSR count). The van der Waals surface area contributed by atoms with E-state index in [1.54, 1.807) is 12.1 Å². The van der Waals surface area contributed by atoms with E-state index in [9.17, 15) is 9.59 Å². The lowest BCUT2D eigenvalue weighted by atomic mass is 9.63. The molecule has 0 N–H and O–H groups in total. The number of hydrazone groups is 1. The predicted molar refractivity (Wildman–Crippen MR) is 92.0 cm³/mol. The Bertz CT molecular complexity index is 818. The number of benzene rings is 1. The second-order valence-electron chi connectivity index (χ2n) is 6.80. The van der Waals surface area contributed by atoms with Crippen LogP contribution < -0.4 is 9.47 Å². The molecular formula is C18H15BrN2O4. The zero-order valence-electron chi connectivity index (χ0n) is 13.2. The lowest BCUT2D eigenvalue weighted by Crippen LogP contribution is -2.38. The Balaban J connectivity index is 1.44. The Hall–Kier alpha value is -2.15. The fraction of sp³-hybridized carbons (Fsp3) is 0.389. The zero-order chi connectivity index (χ0) is 17.1.